The van der Waals surface area contributed by atoms with Gasteiger partial charge in [0.15, 0.2) is 0 Å². The molecule has 0 aromatic heterocycles. The molecule has 8 nitrogen and oxygen atoms in total. The van der Waals surface area contributed by atoms with E-state index in [0.717, 1.165) is 0 Å². The van der Waals surface area contributed by atoms with Gasteiger partial charge >= 0.3 is 5.97 Å². The molecule has 1 aromatic rings. The molecule has 1 aromatic carbocycles. The molecule has 8 heteroatoms. The van der Waals surface area contributed by atoms with Crippen LogP contribution >= 0.6 is 0 Å². The number of non-ortho nitro benzene ring substituents is 1. The lowest BCUT2D eigenvalue weighted by atomic mass is 10.1. The fourth-order valence-electron chi connectivity index (χ4n) is 2.21. The highest BCUT2D eigenvalue weighted by Crippen LogP contribution is 2.27. The standard InChI is InChI=1S/C19H31N3O5/c1-18(2,3)26-16-8-7-15(22(24)25)11-14(16)12-20-9-10-21-13-17(23)27-19(4,5)6/h7-8,11,20-21H,9-10,12-13H2,1-6H3. The van der Waals surface area contributed by atoms with Gasteiger partial charge in [-0.3, -0.25) is 14.9 Å². The highest BCUT2D eigenvalue weighted by molar-refractivity contribution is 5.72. The van der Waals surface area contributed by atoms with E-state index >= 15 is 0 Å². The van der Waals surface area contributed by atoms with Gasteiger partial charge in [0.05, 0.1) is 11.5 Å². The quantitative estimate of drug-likeness (QED) is 0.293. The largest absolute Gasteiger partial charge is 0.488 e. The molecule has 0 fully saturated rings. The predicted molar refractivity (Wildman–Crippen MR) is 104 cm³/mol. The Morgan fingerprint density at radius 1 is 1.07 bits per heavy atom. The molecule has 27 heavy (non-hydrogen) atoms. The van der Waals surface area contributed by atoms with E-state index in [1.54, 1.807) is 6.07 Å². The van der Waals surface area contributed by atoms with Gasteiger partial charge in [0.1, 0.15) is 17.0 Å². The van der Waals surface area contributed by atoms with Crippen molar-refractivity contribution in [3.63, 3.8) is 0 Å². The Kier molecular flexibility index (Phi) is 8.18. The van der Waals surface area contributed by atoms with E-state index in [-0.39, 0.29) is 18.2 Å². The van der Waals surface area contributed by atoms with Crippen LogP contribution in [0.15, 0.2) is 18.2 Å². The first kappa shape index (κ1) is 22.9. The molecular formula is C19H31N3O5. The number of hydrogen-bond donors (Lipinski definition) is 2. The first-order chi connectivity index (χ1) is 12.4. The van der Waals surface area contributed by atoms with E-state index in [1.165, 1.54) is 12.1 Å². The van der Waals surface area contributed by atoms with Gasteiger partial charge < -0.3 is 20.1 Å². The second kappa shape index (κ2) is 9.66. The summed E-state index contributed by atoms with van der Waals surface area (Å²) in [5.41, 5.74) is -0.162. The van der Waals surface area contributed by atoms with Crippen molar-refractivity contribution < 1.29 is 19.2 Å². The number of nitrogens with one attached hydrogen (secondary N) is 2. The summed E-state index contributed by atoms with van der Waals surface area (Å²) in [5, 5.41) is 17.2. The second-order valence-electron chi connectivity index (χ2n) is 8.20. The number of carbonyl (C=O) groups excluding carboxylic acids is 1. The van der Waals surface area contributed by atoms with Crippen LogP contribution in [0.2, 0.25) is 0 Å². The Labute approximate surface area is 160 Å². The van der Waals surface area contributed by atoms with Crippen molar-refractivity contribution in [2.45, 2.75) is 59.3 Å². The Morgan fingerprint density at radius 3 is 2.26 bits per heavy atom. The average Bonchev–Trinajstić information content (AvgIpc) is 2.48. The third-order valence-electron chi connectivity index (χ3n) is 3.15. The first-order valence-corrected chi connectivity index (χ1v) is 8.97. The van der Waals surface area contributed by atoms with Crippen molar-refractivity contribution in [1.29, 1.82) is 0 Å². The van der Waals surface area contributed by atoms with Crippen molar-refractivity contribution in [3.8, 4) is 5.75 Å². The van der Waals surface area contributed by atoms with Crippen LogP contribution in [0, 0.1) is 10.1 Å². The average molecular weight is 381 g/mol. The molecule has 0 amide bonds. The zero-order chi connectivity index (χ0) is 20.7. The van der Waals surface area contributed by atoms with Gasteiger partial charge in [-0.15, -0.1) is 0 Å². The van der Waals surface area contributed by atoms with Gasteiger partial charge in [0.2, 0.25) is 0 Å². The van der Waals surface area contributed by atoms with Crippen molar-refractivity contribution >= 4 is 11.7 Å². The number of hydrogen-bond acceptors (Lipinski definition) is 7. The minimum atomic E-state index is -0.498. The van der Waals surface area contributed by atoms with Crippen LogP contribution in [0.4, 0.5) is 5.69 Å². The number of carbonyl (C=O) groups is 1. The summed E-state index contributed by atoms with van der Waals surface area (Å²) in [5.74, 6) is 0.310. The SMILES string of the molecule is CC(C)(C)OC(=O)CNCCNCc1cc([N+](=O)[O-])ccc1OC(C)(C)C. The summed E-state index contributed by atoms with van der Waals surface area (Å²) < 4.78 is 11.1. The third kappa shape index (κ3) is 9.91. The second-order valence-corrected chi connectivity index (χ2v) is 8.20. The molecule has 152 valence electrons. The van der Waals surface area contributed by atoms with E-state index in [1.807, 2.05) is 41.5 Å². The molecular weight excluding hydrogens is 350 g/mol. The highest BCUT2D eigenvalue weighted by atomic mass is 16.6. The topological polar surface area (TPSA) is 103 Å². The van der Waals surface area contributed by atoms with E-state index in [9.17, 15) is 14.9 Å². The Balaban J connectivity index is 2.51. The summed E-state index contributed by atoms with van der Waals surface area (Å²) in [6, 6.07) is 4.58. The lowest BCUT2D eigenvalue weighted by molar-refractivity contribution is -0.385. The van der Waals surface area contributed by atoms with Gasteiger partial charge in [-0.05, 0) is 47.6 Å². The normalized spacial score (nSPS) is 11.9. The Morgan fingerprint density at radius 2 is 1.70 bits per heavy atom. The molecule has 2 N–H and O–H groups in total. The Bertz CT molecular complexity index is 648. The minimum Gasteiger partial charge on any atom is -0.488 e. The molecule has 1 rings (SSSR count). The van der Waals surface area contributed by atoms with Crippen LogP contribution in [0.5, 0.6) is 5.75 Å². The summed E-state index contributed by atoms with van der Waals surface area (Å²) in [4.78, 5) is 22.2. The number of benzene rings is 1. The van der Waals surface area contributed by atoms with E-state index < -0.39 is 16.1 Å². The predicted octanol–water partition coefficient (Wildman–Crippen LogP) is 2.79. The summed E-state index contributed by atoms with van der Waals surface area (Å²) in [6.07, 6.45) is 0. The van der Waals surface area contributed by atoms with Gasteiger partial charge in [0, 0.05) is 37.3 Å². The fourth-order valence-corrected chi connectivity index (χ4v) is 2.21. The van der Waals surface area contributed by atoms with E-state index in [0.29, 0.717) is 30.9 Å². The fraction of sp³-hybridized carbons (Fsp3) is 0.632. The number of nitrogens with zero attached hydrogens (tertiary/aromatic N) is 1. The molecule has 0 heterocycles. The van der Waals surface area contributed by atoms with Crippen molar-refractivity contribution in [3.05, 3.63) is 33.9 Å². The lowest BCUT2D eigenvalue weighted by Crippen LogP contribution is -2.34. The van der Waals surface area contributed by atoms with Gasteiger partial charge in [0.25, 0.3) is 5.69 Å². The molecule has 0 aliphatic heterocycles. The zero-order valence-corrected chi connectivity index (χ0v) is 17.0. The molecule has 0 saturated heterocycles. The van der Waals surface area contributed by atoms with E-state index in [2.05, 4.69) is 10.6 Å². The van der Waals surface area contributed by atoms with Crippen LogP contribution in [-0.2, 0) is 16.1 Å². The molecule has 0 radical (unpaired) electrons. The maximum absolute atomic E-state index is 11.6. The van der Waals surface area contributed by atoms with E-state index in [4.69, 9.17) is 9.47 Å². The summed E-state index contributed by atoms with van der Waals surface area (Å²) in [6.45, 7) is 12.9. The van der Waals surface area contributed by atoms with Crippen LogP contribution in [0.3, 0.4) is 0 Å². The number of ether oxygens (including phenoxy) is 2. The van der Waals surface area contributed by atoms with Crippen molar-refractivity contribution in [1.82, 2.24) is 10.6 Å². The molecule has 0 bridgehead atoms. The highest BCUT2D eigenvalue weighted by Gasteiger charge is 2.18. The monoisotopic (exact) mass is 381 g/mol. The molecule has 0 atom stereocenters. The molecule has 0 spiro atoms. The van der Waals surface area contributed by atoms with Crippen molar-refractivity contribution in [2.24, 2.45) is 0 Å². The molecule has 0 saturated carbocycles. The van der Waals surface area contributed by atoms with Gasteiger partial charge in [-0.25, -0.2) is 0 Å². The first-order valence-electron chi connectivity index (χ1n) is 8.97. The molecule has 0 aliphatic rings. The van der Waals surface area contributed by atoms with Crippen molar-refractivity contribution in [2.75, 3.05) is 19.6 Å². The number of esters is 1. The summed E-state index contributed by atoms with van der Waals surface area (Å²) in [7, 11) is 0. The number of rotatable bonds is 9. The van der Waals surface area contributed by atoms with Crippen LogP contribution in [0.25, 0.3) is 0 Å². The number of nitro benzene ring substituents is 1. The third-order valence-corrected chi connectivity index (χ3v) is 3.15. The lowest BCUT2D eigenvalue weighted by Gasteiger charge is -2.23. The van der Waals surface area contributed by atoms with Crippen LogP contribution in [0.1, 0.15) is 47.1 Å². The number of nitro groups is 1. The maximum Gasteiger partial charge on any atom is 0.320 e. The van der Waals surface area contributed by atoms with Gasteiger partial charge in [-0.2, -0.15) is 0 Å². The summed E-state index contributed by atoms with van der Waals surface area (Å²) >= 11 is 0. The smallest absolute Gasteiger partial charge is 0.320 e. The van der Waals surface area contributed by atoms with Crippen LogP contribution in [-0.4, -0.2) is 41.7 Å². The zero-order valence-electron chi connectivity index (χ0n) is 17.0. The maximum atomic E-state index is 11.6. The molecule has 0 unspecified atom stereocenters. The molecule has 0 aliphatic carbocycles. The Hall–Kier alpha value is -2.19. The van der Waals surface area contributed by atoms with Gasteiger partial charge in [-0.1, -0.05) is 0 Å². The van der Waals surface area contributed by atoms with Crippen LogP contribution < -0.4 is 15.4 Å². The minimum absolute atomic E-state index is 0.0242.